The Hall–Kier alpha value is -0.370. The summed E-state index contributed by atoms with van der Waals surface area (Å²) in [5.74, 6) is -0.135. The van der Waals surface area contributed by atoms with Crippen LogP contribution in [0.4, 0.5) is 4.39 Å². The minimum absolute atomic E-state index is 0.135. The van der Waals surface area contributed by atoms with Gasteiger partial charge in [0, 0.05) is 4.83 Å². The summed E-state index contributed by atoms with van der Waals surface area (Å²) >= 11 is 3.71. The van der Waals surface area contributed by atoms with Gasteiger partial charge < -0.3 is 0 Å². The third kappa shape index (κ3) is 4.65. The number of halogens is 2. The molecule has 1 aromatic rings. The van der Waals surface area contributed by atoms with Gasteiger partial charge in [-0.3, -0.25) is 0 Å². The smallest absolute Gasteiger partial charge is 0.123 e. The number of benzene rings is 1. The summed E-state index contributed by atoms with van der Waals surface area (Å²) in [6.45, 7) is 6.69. The van der Waals surface area contributed by atoms with E-state index in [4.69, 9.17) is 0 Å². The summed E-state index contributed by atoms with van der Waals surface area (Å²) in [5, 5.41) is 0. The molecule has 90 valence electrons. The van der Waals surface area contributed by atoms with Crippen molar-refractivity contribution in [3.05, 3.63) is 35.6 Å². The first-order valence-electron chi connectivity index (χ1n) is 5.78. The molecule has 0 nitrogen and oxygen atoms in total. The third-order valence-corrected chi connectivity index (χ3v) is 4.58. The molecular weight excluding hydrogens is 267 g/mol. The van der Waals surface area contributed by atoms with Crippen molar-refractivity contribution >= 4 is 15.9 Å². The van der Waals surface area contributed by atoms with Crippen molar-refractivity contribution in [1.82, 2.24) is 0 Å². The quantitative estimate of drug-likeness (QED) is 0.687. The highest BCUT2D eigenvalue weighted by Gasteiger charge is 2.20. The van der Waals surface area contributed by atoms with Gasteiger partial charge in [0.25, 0.3) is 0 Å². The Labute approximate surface area is 106 Å². The zero-order valence-corrected chi connectivity index (χ0v) is 11.8. The van der Waals surface area contributed by atoms with Crippen LogP contribution in [0.1, 0.15) is 39.2 Å². The Morgan fingerprint density at radius 2 is 2.00 bits per heavy atom. The van der Waals surface area contributed by atoms with E-state index in [0.29, 0.717) is 10.2 Å². The van der Waals surface area contributed by atoms with Crippen molar-refractivity contribution in [2.75, 3.05) is 0 Å². The topological polar surface area (TPSA) is 0 Å². The summed E-state index contributed by atoms with van der Waals surface area (Å²) < 4.78 is 12.9. The Morgan fingerprint density at radius 3 is 2.56 bits per heavy atom. The van der Waals surface area contributed by atoms with Crippen LogP contribution in [0.15, 0.2) is 24.3 Å². The number of hydrogen-bond acceptors (Lipinski definition) is 0. The van der Waals surface area contributed by atoms with Crippen LogP contribution in [0.2, 0.25) is 0 Å². The molecule has 1 aromatic carbocycles. The van der Waals surface area contributed by atoms with Crippen LogP contribution < -0.4 is 0 Å². The summed E-state index contributed by atoms with van der Waals surface area (Å²) in [6, 6.07) is 6.88. The molecule has 0 spiro atoms. The number of hydrogen-bond donors (Lipinski definition) is 0. The third-order valence-electron chi connectivity index (χ3n) is 2.75. The normalized spacial score (nSPS) is 13.8. The molecule has 2 heteroatoms. The molecule has 1 rings (SSSR count). The molecule has 0 saturated heterocycles. The SMILES string of the molecule is CC(C)(C)C(Br)CCCc1cccc(F)c1. The maximum Gasteiger partial charge on any atom is 0.123 e. The van der Waals surface area contributed by atoms with Gasteiger partial charge in [-0.15, -0.1) is 0 Å². The second kappa shape index (κ2) is 5.81. The zero-order valence-electron chi connectivity index (χ0n) is 10.3. The van der Waals surface area contributed by atoms with Crippen molar-refractivity contribution < 1.29 is 4.39 Å². The molecule has 16 heavy (non-hydrogen) atoms. The molecule has 0 fully saturated rings. The first-order chi connectivity index (χ1) is 7.39. The number of aryl methyl sites for hydroxylation is 1. The standard InChI is InChI=1S/C14H20BrF/c1-14(2,3)13(15)9-5-7-11-6-4-8-12(16)10-11/h4,6,8,10,13H,5,7,9H2,1-3H3. The van der Waals surface area contributed by atoms with Crippen LogP contribution in [-0.2, 0) is 6.42 Å². The van der Waals surface area contributed by atoms with Crippen molar-refractivity contribution in [3.8, 4) is 0 Å². The lowest BCUT2D eigenvalue weighted by Gasteiger charge is -2.25. The first-order valence-corrected chi connectivity index (χ1v) is 6.69. The van der Waals surface area contributed by atoms with Crippen LogP contribution in [0.5, 0.6) is 0 Å². The second-order valence-corrected chi connectivity index (χ2v) is 6.46. The van der Waals surface area contributed by atoms with Gasteiger partial charge in [0.1, 0.15) is 5.82 Å². The molecule has 0 amide bonds. The fourth-order valence-corrected chi connectivity index (χ4v) is 1.93. The van der Waals surface area contributed by atoms with E-state index >= 15 is 0 Å². The lowest BCUT2D eigenvalue weighted by atomic mass is 9.89. The minimum Gasteiger partial charge on any atom is -0.207 e. The van der Waals surface area contributed by atoms with Gasteiger partial charge >= 0.3 is 0 Å². The molecule has 0 heterocycles. The Bertz CT molecular complexity index is 328. The van der Waals surface area contributed by atoms with Crippen molar-refractivity contribution in [2.45, 2.75) is 44.9 Å². The lowest BCUT2D eigenvalue weighted by molar-refractivity contribution is 0.380. The molecule has 0 bridgehead atoms. The highest BCUT2D eigenvalue weighted by molar-refractivity contribution is 9.09. The van der Waals surface area contributed by atoms with E-state index in [0.717, 1.165) is 24.8 Å². The summed E-state index contributed by atoms with van der Waals surface area (Å²) in [7, 11) is 0. The zero-order chi connectivity index (χ0) is 12.2. The van der Waals surface area contributed by atoms with Crippen LogP contribution in [0.3, 0.4) is 0 Å². The van der Waals surface area contributed by atoms with E-state index in [9.17, 15) is 4.39 Å². The Balaban J connectivity index is 2.36. The monoisotopic (exact) mass is 286 g/mol. The lowest BCUT2D eigenvalue weighted by Crippen LogP contribution is -2.20. The highest BCUT2D eigenvalue weighted by atomic mass is 79.9. The van der Waals surface area contributed by atoms with Gasteiger partial charge in [-0.05, 0) is 42.4 Å². The van der Waals surface area contributed by atoms with E-state index < -0.39 is 0 Å². The summed E-state index contributed by atoms with van der Waals surface area (Å²) in [4.78, 5) is 0.522. The van der Waals surface area contributed by atoms with Crippen molar-refractivity contribution in [3.63, 3.8) is 0 Å². The predicted octanol–water partition coefficient (Wildman–Crippen LogP) is 4.96. The fraction of sp³-hybridized carbons (Fsp3) is 0.571. The van der Waals surface area contributed by atoms with Crippen LogP contribution in [0, 0.1) is 11.2 Å². The summed E-state index contributed by atoms with van der Waals surface area (Å²) in [6.07, 6.45) is 3.17. The van der Waals surface area contributed by atoms with Crippen molar-refractivity contribution in [1.29, 1.82) is 0 Å². The maximum absolute atomic E-state index is 12.9. The first kappa shape index (κ1) is 13.7. The van der Waals surface area contributed by atoms with E-state index in [1.807, 2.05) is 6.07 Å². The molecule has 0 saturated carbocycles. The van der Waals surface area contributed by atoms with Crippen LogP contribution in [-0.4, -0.2) is 4.83 Å². The van der Waals surface area contributed by atoms with E-state index in [2.05, 4.69) is 36.7 Å². The van der Waals surface area contributed by atoms with Gasteiger partial charge in [-0.25, -0.2) is 4.39 Å². The maximum atomic E-state index is 12.9. The molecule has 1 unspecified atom stereocenters. The average Bonchev–Trinajstić information content (AvgIpc) is 2.16. The van der Waals surface area contributed by atoms with Crippen LogP contribution >= 0.6 is 15.9 Å². The van der Waals surface area contributed by atoms with Crippen molar-refractivity contribution in [2.24, 2.45) is 5.41 Å². The Kier molecular flexibility index (Phi) is 4.97. The van der Waals surface area contributed by atoms with E-state index in [1.165, 1.54) is 6.07 Å². The fourth-order valence-electron chi connectivity index (χ4n) is 1.61. The molecular formula is C14H20BrF. The molecule has 0 aliphatic rings. The van der Waals surface area contributed by atoms with Gasteiger partial charge in [-0.1, -0.05) is 48.8 Å². The minimum atomic E-state index is -0.135. The van der Waals surface area contributed by atoms with Gasteiger partial charge in [0.05, 0.1) is 0 Å². The average molecular weight is 287 g/mol. The predicted molar refractivity (Wildman–Crippen MR) is 71.5 cm³/mol. The van der Waals surface area contributed by atoms with Gasteiger partial charge in [-0.2, -0.15) is 0 Å². The number of alkyl halides is 1. The van der Waals surface area contributed by atoms with E-state index in [1.54, 1.807) is 12.1 Å². The molecule has 0 aromatic heterocycles. The number of rotatable bonds is 4. The molecule has 0 aliphatic heterocycles. The Morgan fingerprint density at radius 1 is 1.31 bits per heavy atom. The van der Waals surface area contributed by atoms with E-state index in [-0.39, 0.29) is 5.82 Å². The molecule has 0 N–H and O–H groups in total. The van der Waals surface area contributed by atoms with Gasteiger partial charge in [0.2, 0.25) is 0 Å². The molecule has 1 atom stereocenters. The highest BCUT2D eigenvalue weighted by Crippen LogP contribution is 2.29. The summed E-state index contributed by atoms with van der Waals surface area (Å²) in [5.41, 5.74) is 1.38. The second-order valence-electron chi connectivity index (χ2n) is 5.36. The molecule has 0 aliphatic carbocycles. The van der Waals surface area contributed by atoms with Gasteiger partial charge in [0.15, 0.2) is 0 Å². The van der Waals surface area contributed by atoms with Crippen LogP contribution in [0.25, 0.3) is 0 Å². The molecule has 0 radical (unpaired) electrons. The largest absolute Gasteiger partial charge is 0.207 e.